The fourth-order valence-corrected chi connectivity index (χ4v) is 4.52. The van der Waals surface area contributed by atoms with Gasteiger partial charge >= 0.3 is 0 Å². The Kier molecular flexibility index (Phi) is 6.00. The van der Waals surface area contributed by atoms with E-state index in [9.17, 15) is 9.59 Å². The second-order valence-electron chi connectivity index (χ2n) is 6.91. The van der Waals surface area contributed by atoms with E-state index in [1.54, 1.807) is 18.2 Å². The van der Waals surface area contributed by atoms with Crippen LogP contribution in [-0.2, 0) is 16.1 Å². The highest BCUT2D eigenvalue weighted by atomic mass is 35.5. The Bertz CT molecular complexity index is 1150. The van der Waals surface area contributed by atoms with Gasteiger partial charge in [-0.15, -0.1) is 0 Å². The predicted octanol–water partition coefficient (Wildman–Crippen LogP) is 6.37. The first-order valence-electron chi connectivity index (χ1n) is 9.28. The number of benzene rings is 3. The Morgan fingerprint density at radius 2 is 1.50 bits per heavy atom. The van der Waals surface area contributed by atoms with Gasteiger partial charge in [0.1, 0.15) is 0 Å². The number of carbonyl (C=O) groups excluding carboxylic acids is 2. The molecule has 3 aromatic carbocycles. The summed E-state index contributed by atoms with van der Waals surface area (Å²) < 4.78 is 0. The molecule has 30 heavy (non-hydrogen) atoms. The SMILES string of the molecule is Cc1ccc(C2=C(Sc3ccc(Cl)cc3)C(=O)N(Cc3ccccc3Cl)C2=O)cc1. The molecule has 0 atom stereocenters. The van der Waals surface area contributed by atoms with Gasteiger partial charge in [-0.05, 0) is 48.4 Å². The van der Waals surface area contributed by atoms with Crippen molar-refractivity contribution in [3.8, 4) is 0 Å². The molecule has 2 amide bonds. The van der Waals surface area contributed by atoms with Crippen molar-refractivity contribution in [2.75, 3.05) is 0 Å². The summed E-state index contributed by atoms with van der Waals surface area (Å²) in [5.74, 6) is -0.643. The van der Waals surface area contributed by atoms with E-state index in [0.29, 0.717) is 20.5 Å². The molecule has 4 rings (SSSR count). The number of imide groups is 1. The zero-order valence-corrected chi connectivity index (χ0v) is 18.4. The molecule has 0 aromatic heterocycles. The molecular weight excluding hydrogens is 437 g/mol. The van der Waals surface area contributed by atoms with Gasteiger partial charge in [0.2, 0.25) is 0 Å². The molecule has 0 N–H and O–H groups in total. The van der Waals surface area contributed by atoms with Gasteiger partial charge in [-0.2, -0.15) is 0 Å². The van der Waals surface area contributed by atoms with Gasteiger partial charge in [0.25, 0.3) is 11.8 Å². The van der Waals surface area contributed by atoms with Crippen LogP contribution in [0.2, 0.25) is 10.0 Å². The van der Waals surface area contributed by atoms with Crippen LogP contribution in [0.15, 0.2) is 82.6 Å². The largest absolute Gasteiger partial charge is 0.269 e. The fraction of sp³-hybridized carbons (Fsp3) is 0.0833. The van der Waals surface area contributed by atoms with Gasteiger partial charge in [0, 0.05) is 14.9 Å². The topological polar surface area (TPSA) is 37.4 Å². The van der Waals surface area contributed by atoms with E-state index in [1.165, 1.54) is 16.7 Å². The normalized spacial score (nSPS) is 14.0. The lowest BCUT2D eigenvalue weighted by Gasteiger charge is -2.16. The van der Waals surface area contributed by atoms with Crippen LogP contribution in [0.5, 0.6) is 0 Å². The molecule has 3 nitrogen and oxygen atoms in total. The van der Waals surface area contributed by atoms with Crippen LogP contribution >= 0.6 is 35.0 Å². The maximum absolute atomic E-state index is 13.3. The molecule has 0 saturated carbocycles. The predicted molar refractivity (Wildman–Crippen MR) is 122 cm³/mol. The van der Waals surface area contributed by atoms with E-state index < -0.39 is 0 Å². The third-order valence-corrected chi connectivity index (χ3v) is 6.50. The molecule has 0 bridgehead atoms. The second-order valence-corrected chi connectivity index (χ2v) is 8.84. The van der Waals surface area contributed by atoms with Gasteiger partial charge in [0.15, 0.2) is 0 Å². The highest BCUT2D eigenvalue weighted by Gasteiger charge is 2.39. The van der Waals surface area contributed by atoms with Crippen LogP contribution in [0.3, 0.4) is 0 Å². The minimum atomic E-state index is -0.324. The molecule has 0 radical (unpaired) electrons. The Balaban J connectivity index is 1.74. The monoisotopic (exact) mass is 453 g/mol. The number of halogens is 2. The van der Waals surface area contributed by atoms with Crippen LogP contribution in [-0.4, -0.2) is 16.7 Å². The average molecular weight is 454 g/mol. The molecule has 1 heterocycles. The lowest BCUT2D eigenvalue weighted by atomic mass is 10.0. The van der Waals surface area contributed by atoms with Crippen LogP contribution in [0.4, 0.5) is 0 Å². The number of rotatable bonds is 5. The molecule has 150 valence electrons. The molecule has 1 aliphatic rings. The van der Waals surface area contributed by atoms with Gasteiger partial charge < -0.3 is 0 Å². The van der Waals surface area contributed by atoms with Gasteiger partial charge in [-0.3, -0.25) is 14.5 Å². The lowest BCUT2D eigenvalue weighted by molar-refractivity contribution is -0.137. The van der Waals surface area contributed by atoms with Crippen molar-refractivity contribution in [3.63, 3.8) is 0 Å². The maximum Gasteiger partial charge on any atom is 0.268 e. The van der Waals surface area contributed by atoms with E-state index in [0.717, 1.165) is 21.6 Å². The molecule has 1 aliphatic heterocycles. The van der Waals surface area contributed by atoms with Crippen molar-refractivity contribution in [1.29, 1.82) is 0 Å². The maximum atomic E-state index is 13.3. The number of amides is 2. The van der Waals surface area contributed by atoms with Crippen LogP contribution in [0.1, 0.15) is 16.7 Å². The number of carbonyl (C=O) groups is 2. The summed E-state index contributed by atoms with van der Waals surface area (Å²) in [6.45, 7) is 2.10. The summed E-state index contributed by atoms with van der Waals surface area (Å²) in [5, 5.41) is 1.13. The summed E-state index contributed by atoms with van der Waals surface area (Å²) in [6.07, 6.45) is 0. The summed E-state index contributed by atoms with van der Waals surface area (Å²) in [4.78, 5) is 29.1. The van der Waals surface area contributed by atoms with Gasteiger partial charge in [-0.25, -0.2) is 0 Å². The second kappa shape index (κ2) is 8.68. The first-order chi connectivity index (χ1) is 14.4. The number of aryl methyl sites for hydroxylation is 1. The van der Waals surface area contributed by atoms with Crippen LogP contribution < -0.4 is 0 Å². The molecule has 0 unspecified atom stereocenters. The molecule has 3 aromatic rings. The summed E-state index contributed by atoms with van der Waals surface area (Å²) >= 11 is 13.5. The van der Waals surface area contributed by atoms with E-state index in [-0.39, 0.29) is 18.4 Å². The quantitative estimate of drug-likeness (QED) is 0.420. The molecule has 0 aliphatic carbocycles. The Morgan fingerprint density at radius 3 is 2.17 bits per heavy atom. The number of hydrogen-bond donors (Lipinski definition) is 0. The third-order valence-electron chi connectivity index (χ3n) is 4.79. The highest BCUT2D eigenvalue weighted by molar-refractivity contribution is 8.04. The van der Waals surface area contributed by atoms with Crippen molar-refractivity contribution < 1.29 is 9.59 Å². The third kappa shape index (κ3) is 4.17. The standard InChI is InChI=1S/C24H17Cl2NO2S/c1-15-6-8-16(9-7-15)21-22(30-19-12-10-18(25)11-13-19)24(29)27(23(21)28)14-17-4-2-3-5-20(17)26/h2-13H,14H2,1H3. The van der Waals surface area contributed by atoms with Crippen molar-refractivity contribution in [3.05, 3.63) is 104 Å². The van der Waals surface area contributed by atoms with E-state index >= 15 is 0 Å². The van der Waals surface area contributed by atoms with Crippen LogP contribution in [0, 0.1) is 6.92 Å². The minimum absolute atomic E-state index is 0.122. The summed E-state index contributed by atoms with van der Waals surface area (Å²) in [6, 6.07) is 22.0. The average Bonchev–Trinajstić information content (AvgIpc) is 2.96. The Morgan fingerprint density at radius 1 is 0.833 bits per heavy atom. The zero-order chi connectivity index (χ0) is 21.3. The summed E-state index contributed by atoms with van der Waals surface area (Å²) in [7, 11) is 0. The Hall–Kier alpha value is -2.53. The van der Waals surface area contributed by atoms with Crippen LogP contribution in [0.25, 0.3) is 5.57 Å². The smallest absolute Gasteiger partial charge is 0.268 e. The molecule has 0 saturated heterocycles. The number of nitrogens with zero attached hydrogens (tertiary/aromatic N) is 1. The zero-order valence-electron chi connectivity index (χ0n) is 16.1. The van der Waals surface area contributed by atoms with E-state index in [1.807, 2.05) is 61.5 Å². The fourth-order valence-electron chi connectivity index (χ4n) is 3.18. The lowest BCUT2D eigenvalue weighted by Crippen LogP contribution is -2.31. The van der Waals surface area contributed by atoms with E-state index in [2.05, 4.69) is 0 Å². The number of hydrogen-bond acceptors (Lipinski definition) is 3. The van der Waals surface area contributed by atoms with Gasteiger partial charge in [0.05, 0.1) is 17.0 Å². The molecule has 0 fully saturated rings. The highest BCUT2D eigenvalue weighted by Crippen LogP contribution is 2.40. The van der Waals surface area contributed by atoms with Crippen molar-refractivity contribution in [1.82, 2.24) is 4.90 Å². The Labute approximate surface area is 189 Å². The first kappa shape index (κ1) is 20.7. The first-order valence-corrected chi connectivity index (χ1v) is 10.9. The van der Waals surface area contributed by atoms with Crippen molar-refractivity contribution >= 4 is 52.4 Å². The number of thioether (sulfide) groups is 1. The summed E-state index contributed by atoms with van der Waals surface area (Å²) in [5.41, 5.74) is 2.93. The van der Waals surface area contributed by atoms with Crippen molar-refractivity contribution in [2.45, 2.75) is 18.4 Å². The van der Waals surface area contributed by atoms with Crippen molar-refractivity contribution in [2.24, 2.45) is 0 Å². The minimum Gasteiger partial charge on any atom is -0.269 e. The molecule has 0 spiro atoms. The van der Waals surface area contributed by atoms with Gasteiger partial charge in [-0.1, -0.05) is 83.0 Å². The molecular formula is C24H17Cl2NO2S. The van der Waals surface area contributed by atoms with E-state index in [4.69, 9.17) is 23.2 Å². The molecule has 6 heteroatoms.